The SMILES string of the molecule is CON1CC=C(OS(=O)(=O)C(F)(F)F)CC1. The molecule has 9 heteroatoms. The van der Waals surface area contributed by atoms with E-state index in [4.69, 9.17) is 4.84 Å². The normalized spacial score (nSPS) is 19.4. The van der Waals surface area contributed by atoms with Crippen molar-refractivity contribution in [2.75, 3.05) is 20.2 Å². The van der Waals surface area contributed by atoms with Crippen LogP contribution in [0.3, 0.4) is 0 Å². The lowest BCUT2D eigenvalue weighted by atomic mass is 10.2. The van der Waals surface area contributed by atoms with E-state index in [0.717, 1.165) is 0 Å². The highest BCUT2D eigenvalue weighted by molar-refractivity contribution is 7.87. The van der Waals surface area contributed by atoms with E-state index in [9.17, 15) is 21.6 Å². The first-order valence-corrected chi connectivity index (χ1v) is 5.66. The molecule has 0 saturated carbocycles. The van der Waals surface area contributed by atoms with Gasteiger partial charge in [0.2, 0.25) is 0 Å². The van der Waals surface area contributed by atoms with E-state index < -0.39 is 15.6 Å². The molecule has 0 radical (unpaired) electrons. The Morgan fingerprint density at radius 1 is 1.44 bits per heavy atom. The van der Waals surface area contributed by atoms with E-state index in [1.165, 1.54) is 18.2 Å². The van der Waals surface area contributed by atoms with Crippen molar-refractivity contribution in [1.82, 2.24) is 5.06 Å². The molecule has 5 nitrogen and oxygen atoms in total. The Morgan fingerprint density at radius 3 is 2.44 bits per heavy atom. The molecule has 0 bridgehead atoms. The van der Waals surface area contributed by atoms with Crippen molar-refractivity contribution in [3.05, 3.63) is 11.8 Å². The molecule has 0 saturated heterocycles. The number of hydrogen-bond acceptors (Lipinski definition) is 5. The number of hydrogen-bond donors (Lipinski definition) is 0. The van der Waals surface area contributed by atoms with Crippen molar-refractivity contribution in [3.8, 4) is 0 Å². The molecule has 1 heterocycles. The fourth-order valence-electron chi connectivity index (χ4n) is 1.06. The molecule has 1 rings (SSSR count). The van der Waals surface area contributed by atoms with Gasteiger partial charge < -0.3 is 9.02 Å². The van der Waals surface area contributed by atoms with Gasteiger partial charge in [-0.15, -0.1) is 0 Å². The number of nitrogens with zero attached hydrogens (tertiary/aromatic N) is 1. The topological polar surface area (TPSA) is 55.8 Å². The summed E-state index contributed by atoms with van der Waals surface area (Å²) in [5.74, 6) is -0.217. The summed E-state index contributed by atoms with van der Waals surface area (Å²) in [6.45, 7) is 0.453. The second kappa shape index (κ2) is 4.60. The monoisotopic (exact) mass is 261 g/mol. The summed E-state index contributed by atoms with van der Waals surface area (Å²) in [6, 6.07) is 0. The van der Waals surface area contributed by atoms with Crippen LogP contribution in [0.5, 0.6) is 0 Å². The summed E-state index contributed by atoms with van der Waals surface area (Å²) in [4.78, 5) is 4.80. The molecule has 94 valence electrons. The minimum atomic E-state index is -5.55. The Hall–Kier alpha value is -0.800. The second-order valence-electron chi connectivity index (χ2n) is 2.97. The molecule has 0 N–H and O–H groups in total. The van der Waals surface area contributed by atoms with Gasteiger partial charge in [0.25, 0.3) is 0 Å². The maximum Gasteiger partial charge on any atom is 0.534 e. The minimum Gasteiger partial charge on any atom is -0.381 e. The molecule has 16 heavy (non-hydrogen) atoms. The van der Waals surface area contributed by atoms with Gasteiger partial charge in [-0.05, 0) is 6.08 Å². The molecule has 0 spiro atoms. The third-order valence-electron chi connectivity index (χ3n) is 1.89. The largest absolute Gasteiger partial charge is 0.534 e. The third-order valence-corrected chi connectivity index (χ3v) is 2.89. The third kappa shape index (κ3) is 3.09. The van der Waals surface area contributed by atoms with Crippen molar-refractivity contribution in [3.63, 3.8) is 0 Å². The fraction of sp³-hybridized carbons (Fsp3) is 0.714. The fourth-order valence-corrected chi connectivity index (χ4v) is 1.59. The predicted molar refractivity (Wildman–Crippen MR) is 47.3 cm³/mol. The number of rotatable bonds is 3. The van der Waals surface area contributed by atoms with Crippen LogP contribution in [0.2, 0.25) is 0 Å². The van der Waals surface area contributed by atoms with Crippen LogP contribution < -0.4 is 0 Å². The van der Waals surface area contributed by atoms with Gasteiger partial charge in [-0.1, -0.05) is 0 Å². The first-order valence-electron chi connectivity index (χ1n) is 4.25. The van der Waals surface area contributed by atoms with Crippen molar-refractivity contribution in [1.29, 1.82) is 0 Å². The van der Waals surface area contributed by atoms with Gasteiger partial charge in [0.1, 0.15) is 5.76 Å². The first-order chi connectivity index (χ1) is 7.26. The lowest BCUT2D eigenvalue weighted by molar-refractivity contribution is -0.126. The van der Waals surface area contributed by atoms with Crippen LogP contribution in [0.25, 0.3) is 0 Å². The van der Waals surface area contributed by atoms with Crippen molar-refractivity contribution >= 4 is 10.1 Å². The molecular formula is C7H10F3NO4S. The standard InChI is InChI=1S/C7H10F3NO4S/c1-14-11-4-2-6(3-5-11)15-16(12,13)7(8,9)10/h2H,3-5H2,1H3. The Balaban J connectivity index is 2.67. The summed E-state index contributed by atoms with van der Waals surface area (Å²) in [5, 5.41) is 1.45. The molecule has 1 aliphatic heterocycles. The van der Waals surface area contributed by atoms with Crippen LogP contribution in [0.4, 0.5) is 13.2 Å². The zero-order chi connectivity index (χ0) is 12.4. The van der Waals surface area contributed by atoms with E-state index in [0.29, 0.717) is 0 Å². The molecule has 0 aromatic heterocycles. The Kier molecular flexibility index (Phi) is 3.81. The predicted octanol–water partition coefficient (Wildman–Crippen LogP) is 1.00. The first kappa shape index (κ1) is 13.3. The molecule has 0 aliphatic carbocycles. The highest BCUT2D eigenvalue weighted by atomic mass is 32.2. The van der Waals surface area contributed by atoms with Crippen LogP contribution in [0.1, 0.15) is 6.42 Å². The van der Waals surface area contributed by atoms with E-state index in [1.54, 1.807) is 0 Å². The highest BCUT2D eigenvalue weighted by Gasteiger charge is 2.48. The molecule has 0 fully saturated rings. The quantitative estimate of drug-likeness (QED) is 0.560. The van der Waals surface area contributed by atoms with Gasteiger partial charge in [-0.3, -0.25) is 0 Å². The molecule has 0 unspecified atom stereocenters. The van der Waals surface area contributed by atoms with Gasteiger partial charge in [0.15, 0.2) is 0 Å². The lowest BCUT2D eigenvalue weighted by Gasteiger charge is -2.23. The van der Waals surface area contributed by atoms with E-state index in [2.05, 4.69) is 4.18 Å². The summed E-state index contributed by atoms with van der Waals surface area (Å²) in [5.41, 5.74) is -5.40. The maximum absolute atomic E-state index is 12.0. The molecule has 0 amide bonds. The number of alkyl halides is 3. The summed E-state index contributed by atoms with van der Waals surface area (Å²) >= 11 is 0. The Morgan fingerprint density at radius 2 is 2.06 bits per heavy atom. The summed E-state index contributed by atoms with van der Waals surface area (Å²) in [6.07, 6.45) is 1.28. The van der Waals surface area contributed by atoms with Crippen LogP contribution in [-0.2, 0) is 19.1 Å². The van der Waals surface area contributed by atoms with Crippen LogP contribution in [0, 0.1) is 0 Å². The molecule has 1 aliphatic rings. The average molecular weight is 261 g/mol. The summed E-state index contributed by atoms with van der Waals surface area (Å²) < 4.78 is 61.1. The van der Waals surface area contributed by atoms with E-state index in [-0.39, 0.29) is 25.3 Å². The van der Waals surface area contributed by atoms with Crippen LogP contribution >= 0.6 is 0 Å². The zero-order valence-corrected chi connectivity index (χ0v) is 9.14. The van der Waals surface area contributed by atoms with Crippen molar-refractivity contribution in [2.45, 2.75) is 11.9 Å². The smallest absolute Gasteiger partial charge is 0.381 e. The zero-order valence-electron chi connectivity index (χ0n) is 8.32. The minimum absolute atomic E-state index is 0.0448. The maximum atomic E-state index is 12.0. The van der Waals surface area contributed by atoms with Crippen molar-refractivity contribution < 1.29 is 30.6 Å². The van der Waals surface area contributed by atoms with Gasteiger partial charge >= 0.3 is 15.6 Å². The van der Waals surface area contributed by atoms with E-state index in [1.807, 2.05) is 0 Å². The summed E-state index contributed by atoms with van der Waals surface area (Å²) in [7, 11) is -4.14. The lowest BCUT2D eigenvalue weighted by Crippen LogP contribution is -2.31. The molecule has 0 aromatic carbocycles. The van der Waals surface area contributed by atoms with Gasteiger partial charge in [0.05, 0.1) is 7.11 Å². The molecule has 0 aromatic rings. The van der Waals surface area contributed by atoms with Crippen LogP contribution in [0.15, 0.2) is 11.8 Å². The van der Waals surface area contributed by atoms with Crippen molar-refractivity contribution in [2.24, 2.45) is 0 Å². The van der Waals surface area contributed by atoms with E-state index >= 15 is 0 Å². The second-order valence-corrected chi connectivity index (χ2v) is 4.51. The Labute approximate surface area is 90.5 Å². The van der Waals surface area contributed by atoms with Gasteiger partial charge in [0, 0.05) is 19.5 Å². The van der Waals surface area contributed by atoms with Gasteiger partial charge in [-0.2, -0.15) is 26.7 Å². The molecular weight excluding hydrogens is 251 g/mol. The number of halogens is 3. The Bertz CT molecular complexity index is 376. The molecule has 0 atom stereocenters. The van der Waals surface area contributed by atoms with Crippen LogP contribution in [-0.4, -0.2) is 39.2 Å². The van der Waals surface area contributed by atoms with Gasteiger partial charge in [-0.25, -0.2) is 0 Å². The highest BCUT2D eigenvalue weighted by Crippen LogP contribution is 2.28. The number of hydroxylamine groups is 2. The average Bonchev–Trinajstić information content (AvgIpc) is 2.16.